The Balaban J connectivity index is 1.47. The molecular formula is C15H23N3O2S. The van der Waals surface area contributed by atoms with Gasteiger partial charge in [0.05, 0.1) is 13.2 Å². The molecule has 3 rings (SSSR count). The molecule has 1 N–H and O–H groups in total. The van der Waals surface area contributed by atoms with E-state index < -0.39 is 0 Å². The van der Waals surface area contributed by atoms with Crippen molar-refractivity contribution in [1.29, 1.82) is 0 Å². The molecule has 1 fully saturated rings. The first-order chi connectivity index (χ1) is 10.2. The highest BCUT2D eigenvalue weighted by Crippen LogP contribution is 2.23. The van der Waals surface area contributed by atoms with E-state index in [1.807, 2.05) is 4.90 Å². The third-order valence-electron chi connectivity index (χ3n) is 4.10. The second-order valence-corrected chi connectivity index (χ2v) is 6.80. The minimum atomic E-state index is 0.0626. The summed E-state index contributed by atoms with van der Waals surface area (Å²) in [5, 5.41) is 5.25. The normalized spacial score (nSPS) is 20.9. The lowest BCUT2D eigenvalue weighted by Gasteiger charge is -2.32. The van der Waals surface area contributed by atoms with E-state index in [2.05, 4.69) is 28.6 Å². The van der Waals surface area contributed by atoms with Crippen LogP contribution < -0.4 is 5.32 Å². The molecule has 1 unspecified atom stereocenters. The zero-order chi connectivity index (χ0) is 14.7. The summed E-state index contributed by atoms with van der Waals surface area (Å²) in [7, 11) is 0. The number of thiophene rings is 1. The number of morpholine rings is 1. The van der Waals surface area contributed by atoms with E-state index in [1.54, 1.807) is 11.3 Å². The number of fused-ring (bicyclic) bond motifs is 1. The molecule has 6 heteroatoms. The quantitative estimate of drug-likeness (QED) is 0.921. The molecule has 2 aliphatic heterocycles. The van der Waals surface area contributed by atoms with Crippen molar-refractivity contribution in [3.8, 4) is 0 Å². The van der Waals surface area contributed by atoms with E-state index in [0.29, 0.717) is 0 Å². The van der Waals surface area contributed by atoms with Crippen LogP contribution in [0.2, 0.25) is 0 Å². The van der Waals surface area contributed by atoms with Crippen molar-refractivity contribution in [1.82, 2.24) is 15.1 Å². The van der Waals surface area contributed by atoms with Crippen LogP contribution in [0.25, 0.3) is 0 Å². The summed E-state index contributed by atoms with van der Waals surface area (Å²) in [6, 6.07) is 2.36. The van der Waals surface area contributed by atoms with Gasteiger partial charge >= 0.3 is 6.03 Å². The van der Waals surface area contributed by atoms with Gasteiger partial charge in [0.1, 0.15) is 0 Å². The summed E-state index contributed by atoms with van der Waals surface area (Å²) in [6.45, 7) is 8.06. The molecule has 2 amide bonds. The number of nitrogens with zero attached hydrogens (tertiary/aromatic N) is 2. The number of carbonyl (C=O) groups is 1. The molecule has 5 nitrogen and oxygen atoms in total. The van der Waals surface area contributed by atoms with Crippen molar-refractivity contribution in [2.75, 3.05) is 39.4 Å². The maximum atomic E-state index is 12.4. The van der Waals surface area contributed by atoms with Crippen molar-refractivity contribution < 1.29 is 9.53 Å². The Labute approximate surface area is 129 Å². The summed E-state index contributed by atoms with van der Waals surface area (Å²) >= 11 is 1.80. The van der Waals surface area contributed by atoms with Crippen LogP contribution >= 0.6 is 11.3 Å². The van der Waals surface area contributed by atoms with Crippen LogP contribution in [0.4, 0.5) is 4.79 Å². The van der Waals surface area contributed by atoms with Gasteiger partial charge in [0, 0.05) is 43.6 Å². The summed E-state index contributed by atoms with van der Waals surface area (Å²) in [5.41, 5.74) is 1.31. The van der Waals surface area contributed by atoms with Gasteiger partial charge in [-0.1, -0.05) is 0 Å². The Morgan fingerprint density at radius 3 is 3.05 bits per heavy atom. The number of carbonyl (C=O) groups excluding carboxylic acids is 1. The Morgan fingerprint density at radius 1 is 1.43 bits per heavy atom. The molecule has 0 aromatic carbocycles. The van der Waals surface area contributed by atoms with Crippen LogP contribution in [0.1, 0.15) is 17.4 Å². The number of urea groups is 1. The number of amides is 2. The van der Waals surface area contributed by atoms with E-state index >= 15 is 0 Å². The number of hydrogen-bond donors (Lipinski definition) is 1. The standard InChI is InChI=1S/C15H23N3O2S/c1-12(10-17-5-7-20-8-6-17)16-15(19)18-4-2-14-13(11-18)3-9-21-14/h3,9,12H,2,4-8,10-11H2,1H3,(H,16,19). The SMILES string of the molecule is CC(CN1CCOCC1)NC(=O)N1CCc2sccc2C1. The number of nitrogens with one attached hydrogen (secondary N) is 1. The number of ether oxygens (including phenoxy) is 1. The Kier molecular flexibility index (Phi) is 4.77. The largest absolute Gasteiger partial charge is 0.379 e. The number of hydrogen-bond acceptors (Lipinski definition) is 4. The van der Waals surface area contributed by atoms with Gasteiger partial charge in [-0.25, -0.2) is 4.79 Å². The number of rotatable bonds is 3. The molecule has 116 valence electrons. The molecule has 1 aromatic heterocycles. The van der Waals surface area contributed by atoms with Crippen LogP contribution in [0, 0.1) is 0 Å². The summed E-state index contributed by atoms with van der Waals surface area (Å²) < 4.78 is 5.35. The molecule has 0 bridgehead atoms. The first-order valence-electron chi connectivity index (χ1n) is 7.63. The fourth-order valence-electron chi connectivity index (χ4n) is 2.94. The van der Waals surface area contributed by atoms with Gasteiger partial charge < -0.3 is 15.0 Å². The topological polar surface area (TPSA) is 44.8 Å². The first-order valence-corrected chi connectivity index (χ1v) is 8.51. The van der Waals surface area contributed by atoms with Gasteiger partial charge in [0.25, 0.3) is 0 Å². The van der Waals surface area contributed by atoms with Crippen molar-refractivity contribution in [2.24, 2.45) is 0 Å². The molecular weight excluding hydrogens is 286 g/mol. The summed E-state index contributed by atoms with van der Waals surface area (Å²) in [6.07, 6.45) is 0.984. The van der Waals surface area contributed by atoms with Crippen molar-refractivity contribution in [2.45, 2.75) is 25.9 Å². The zero-order valence-electron chi connectivity index (χ0n) is 12.5. The van der Waals surface area contributed by atoms with E-state index in [4.69, 9.17) is 4.74 Å². The molecule has 0 saturated carbocycles. The predicted octanol–water partition coefficient (Wildman–Crippen LogP) is 1.54. The van der Waals surface area contributed by atoms with Crippen LogP contribution in [0.15, 0.2) is 11.4 Å². The third-order valence-corrected chi connectivity index (χ3v) is 5.12. The molecule has 0 radical (unpaired) electrons. The fourth-order valence-corrected chi connectivity index (χ4v) is 3.83. The predicted molar refractivity (Wildman–Crippen MR) is 83.7 cm³/mol. The molecule has 2 aliphatic rings. The average Bonchev–Trinajstić information content (AvgIpc) is 2.95. The Morgan fingerprint density at radius 2 is 2.24 bits per heavy atom. The zero-order valence-corrected chi connectivity index (χ0v) is 13.3. The highest BCUT2D eigenvalue weighted by atomic mass is 32.1. The van der Waals surface area contributed by atoms with Gasteiger partial charge in [-0.2, -0.15) is 0 Å². The lowest BCUT2D eigenvalue weighted by Crippen LogP contribution is -2.50. The minimum Gasteiger partial charge on any atom is -0.379 e. The lowest BCUT2D eigenvalue weighted by molar-refractivity contribution is 0.0346. The molecule has 1 aromatic rings. The van der Waals surface area contributed by atoms with Gasteiger partial charge in [-0.3, -0.25) is 4.90 Å². The van der Waals surface area contributed by atoms with E-state index in [9.17, 15) is 4.79 Å². The van der Waals surface area contributed by atoms with Crippen LogP contribution in [0.3, 0.4) is 0 Å². The van der Waals surface area contributed by atoms with Gasteiger partial charge in [-0.15, -0.1) is 11.3 Å². The minimum absolute atomic E-state index is 0.0626. The maximum absolute atomic E-state index is 12.4. The van der Waals surface area contributed by atoms with E-state index in [0.717, 1.165) is 52.4 Å². The van der Waals surface area contributed by atoms with Crippen molar-refractivity contribution in [3.05, 3.63) is 21.9 Å². The first kappa shape index (κ1) is 14.8. The highest BCUT2D eigenvalue weighted by molar-refractivity contribution is 7.10. The van der Waals surface area contributed by atoms with E-state index in [1.165, 1.54) is 10.4 Å². The van der Waals surface area contributed by atoms with Crippen LogP contribution in [-0.4, -0.2) is 61.3 Å². The molecule has 1 saturated heterocycles. The molecule has 1 atom stereocenters. The van der Waals surface area contributed by atoms with Crippen LogP contribution in [0.5, 0.6) is 0 Å². The van der Waals surface area contributed by atoms with Crippen LogP contribution in [-0.2, 0) is 17.7 Å². The Hall–Kier alpha value is -1.11. The molecule has 21 heavy (non-hydrogen) atoms. The van der Waals surface area contributed by atoms with Crippen molar-refractivity contribution >= 4 is 17.4 Å². The monoisotopic (exact) mass is 309 g/mol. The third kappa shape index (κ3) is 3.75. The second kappa shape index (κ2) is 6.77. The average molecular weight is 309 g/mol. The van der Waals surface area contributed by atoms with Crippen molar-refractivity contribution in [3.63, 3.8) is 0 Å². The Bertz CT molecular complexity index is 485. The van der Waals surface area contributed by atoms with Gasteiger partial charge in [-0.05, 0) is 30.4 Å². The summed E-state index contributed by atoms with van der Waals surface area (Å²) in [5.74, 6) is 0. The molecule has 3 heterocycles. The lowest BCUT2D eigenvalue weighted by atomic mass is 10.1. The smallest absolute Gasteiger partial charge is 0.317 e. The van der Waals surface area contributed by atoms with Gasteiger partial charge in [0.15, 0.2) is 0 Å². The fraction of sp³-hybridized carbons (Fsp3) is 0.667. The summed E-state index contributed by atoms with van der Waals surface area (Å²) in [4.78, 5) is 18.1. The highest BCUT2D eigenvalue weighted by Gasteiger charge is 2.23. The van der Waals surface area contributed by atoms with E-state index in [-0.39, 0.29) is 12.1 Å². The second-order valence-electron chi connectivity index (χ2n) is 5.80. The molecule has 0 aliphatic carbocycles. The maximum Gasteiger partial charge on any atom is 0.317 e. The molecule has 0 spiro atoms. The van der Waals surface area contributed by atoms with Gasteiger partial charge in [0.2, 0.25) is 0 Å².